The fourth-order valence-corrected chi connectivity index (χ4v) is 4.32. The minimum atomic E-state index is -4.70. The van der Waals surface area contributed by atoms with Crippen LogP contribution in [-0.2, 0) is 18.3 Å². The molecule has 43 heavy (non-hydrogen) atoms. The van der Waals surface area contributed by atoms with Crippen LogP contribution >= 0.6 is 0 Å². The lowest BCUT2D eigenvalue weighted by Gasteiger charge is -2.21. The van der Waals surface area contributed by atoms with E-state index in [2.05, 4.69) is 9.97 Å². The standard InChI is InChI=1S/C27H23F5N6O5/c1-3-20(27(30,31)32)35-14-9-16(28)22(17(29)10-14)23(39)36-18(25(41)42)8-13-4-5-21(34-11-13)38-24(40)15-6-7-33-12-19(15)37(2)26(38)43/h4-7,9-12,18,20,35H,3,8H2,1-2H3,(H,36,39)(H,41,42)/t18-,20+/m0/s1. The van der Waals surface area contributed by atoms with Crippen LogP contribution in [0.25, 0.3) is 16.7 Å². The second-order valence-corrected chi connectivity index (χ2v) is 9.43. The van der Waals surface area contributed by atoms with Gasteiger partial charge in [-0.2, -0.15) is 13.2 Å². The molecule has 0 fully saturated rings. The van der Waals surface area contributed by atoms with Crippen LogP contribution in [0.4, 0.5) is 27.6 Å². The van der Waals surface area contributed by atoms with Crippen molar-refractivity contribution in [2.75, 3.05) is 5.32 Å². The van der Waals surface area contributed by atoms with Crippen LogP contribution in [0.1, 0.15) is 29.3 Å². The number of carbonyl (C=O) groups excluding carboxylic acids is 1. The number of benzene rings is 1. The summed E-state index contributed by atoms with van der Waals surface area (Å²) in [5.74, 6) is -6.11. The topological polar surface area (TPSA) is 148 Å². The predicted molar refractivity (Wildman–Crippen MR) is 143 cm³/mol. The molecule has 0 unspecified atom stereocenters. The third kappa shape index (κ3) is 6.37. The van der Waals surface area contributed by atoms with Crippen LogP contribution in [0.5, 0.6) is 0 Å². The Morgan fingerprint density at radius 1 is 1.07 bits per heavy atom. The number of pyridine rings is 2. The van der Waals surface area contributed by atoms with Crippen molar-refractivity contribution in [3.8, 4) is 5.82 Å². The molecule has 0 aliphatic carbocycles. The van der Waals surface area contributed by atoms with E-state index in [-0.39, 0.29) is 16.8 Å². The SMILES string of the molecule is CC[C@@H](Nc1cc(F)c(C(=O)N[C@@H](Cc2ccc(-n3c(=O)c4ccncc4n(C)c3=O)nc2)C(=O)O)c(F)c1)C(F)(F)F. The minimum Gasteiger partial charge on any atom is -0.480 e. The monoisotopic (exact) mass is 606 g/mol. The van der Waals surface area contributed by atoms with Crippen LogP contribution in [0.2, 0.25) is 0 Å². The number of alkyl halides is 3. The molecule has 0 saturated heterocycles. The summed E-state index contributed by atoms with van der Waals surface area (Å²) in [6, 6.07) is 1.25. The zero-order chi connectivity index (χ0) is 31.6. The highest BCUT2D eigenvalue weighted by atomic mass is 19.4. The fourth-order valence-electron chi connectivity index (χ4n) is 4.32. The number of carboxylic acid groups (broad SMARTS) is 1. The number of nitrogens with zero attached hydrogens (tertiary/aromatic N) is 4. The molecular weight excluding hydrogens is 583 g/mol. The van der Waals surface area contributed by atoms with Crippen molar-refractivity contribution >= 4 is 28.5 Å². The highest BCUT2D eigenvalue weighted by molar-refractivity contribution is 5.97. The number of hydrogen-bond acceptors (Lipinski definition) is 7. The molecule has 3 aromatic heterocycles. The molecule has 0 spiro atoms. The molecule has 11 nitrogen and oxygen atoms in total. The molecule has 1 aromatic carbocycles. The van der Waals surface area contributed by atoms with Gasteiger partial charge >= 0.3 is 17.8 Å². The molecule has 16 heteroatoms. The Morgan fingerprint density at radius 3 is 2.30 bits per heavy atom. The van der Waals surface area contributed by atoms with E-state index >= 15 is 0 Å². The van der Waals surface area contributed by atoms with Crippen LogP contribution in [0.15, 0.2) is 58.5 Å². The predicted octanol–water partition coefficient (Wildman–Crippen LogP) is 2.94. The van der Waals surface area contributed by atoms with Gasteiger partial charge in [-0.05, 0) is 36.2 Å². The first-order chi connectivity index (χ1) is 20.2. The number of aromatic nitrogens is 4. The average molecular weight is 607 g/mol. The molecule has 3 N–H and O–H groups in total. The van der Waals surface area contributed by atoms with E-state index in [4.69, 9.17) is 0 Å². The summed E-state index contributed by atoms with van der Waals surface area (Å²) in [6.07, 6.45) is -1.65. The lowest BCUT2D eigenvalue weighted by atomic mass is 10.1. The van der Waals surface area contributed by atoms with Crippen molar-refractivity contribution in [2.24, 2.45) is 7.05 Å². The average Bonchev–Trinajstić information content (AvgIpc) is 2.94. The normalized spacial score (nSPS) is 13.0. The van der Waals surface area contributed by atoms with E-state index in [0.717, 1.165) is 10.8 Å². The maximum atomic E-state index is 14.6. The number of carbonyl (C=O) groups is 2. The van der Waals surface area contributed by atoms with E-state index in [0.29, 0.717) is 17.6 Å². The zero-order valence-electron chi connectivity index (χ0n) is 22.4. The van der Waals surface area contributed by atoms with Crippen LogP contribution in [0, 0.1) is 11.6 Å². The van der Waals surface area contributed by atoms with E-state index in [1.807, 2.05) is 10.6 Å². The van der Waals surface area contributed by atoms with E-state index in [1.54, 1.807) is 0 Å². The Hall–Kier alpha value is -5.15. The Balaban J connectivity index is 1.54. The summed E-state index contributed by atoms with van der Waals surface area (Å²) in [6.45, 7) is 1.22. The van der Waals surface area contributed by atoms with Gasteiger partial charge in [-0.1, -0.05) is 13.0 Å². The second-order valence-electron chi connectivity index (χ2n) is 9.43. The van der Waals surface area contributed by atoms with Crippen molar-refractivity contribution in [1.29, 1.82) is 0 Å². The van der Waals surface area contributed by atoms with Gasteiger partial charge in [0.25, 0.3) is 11.5 Å². The minimum absolute atomic E-state index is 0.0716. The smallest absolute Gasteiger partial charge is 0.408 e. The number of nitrogens with one attached hydrogen (secondary N) is 2. The lowest BCUT2D eigenvalue weighted by molar-refractivity contribution is -0.143. The number of hydrogen-bond donors (Lipinski definition) is 3. The summed E-state index contributed by atoms with van der Waals surface area (Å²) in [4.78, 5) is 58.2. The van der Waals surface area contributed by atoms with Crippen molar-refractivity contribution in [3.05, 3.63) is 92.5 Å². The maximum absolute atomic E-state index is 14.6. The Bertz CT molecular complexity index is 1800. The summed E-state index contributed by atoms with van der Waals surface area (Å²) in [5, 5.41) is 13.8. The summed E-state index contributed by atoms with van der Waals surface area (Å²) in [5.41, 5.74) is -2.61. The number of rotatable bonds is 9. The second kappa shape index (κ2) is 12.0. The van der Waals surface area contributed by atoms with Gasteiger partial charge in [-0.25, -0.2) is 27.9 Å². The summed E-state index contributed by atoms with van der Waals surface area (Å²) in [7, 11) is 1.44. The molecule has 3 heterocycles. The molecule has 0 radical (unpaired) electrons. The molecule has 4 rings (SSSR count). The molecule has 0 bridgehead atoms. The van der Waals surface area contributed by atoms with Crippen LogP contribution < -0.4 is 21.9 Å². The fraction of sp³-hybridized carbons (Fsp3) is 0.259. The van der Waals surface area contributed by atoms with E-state index in [9.17, 15) is 46.2 Å². The summed E-state index contributed by atoms with van der Waals surface area (Å²) >= 11 is 0. The van der Waals surface area contributed by atoms with Gasteiger partial charge in [0.2, 0.25) is 0 Å². The lowest BCUT2D eigenvalue weighted by Crippen LogP contribution is -2.43. The quantitative estimate of drug-likeness (QED) is 0.247. The Labute approximate surface area is 238 Å². The first kappa shape index (κ1) is 30.8. The van der Waals surface area contributed by atoms with Gasteiger partial charge in [0.15, 0.2) is 0 Å². The molecule has 226 valence electrons. The molecule has 4 aromatic rings. The van der Waals surface area contributed by atoms with E-state index < -0.39 is 77.1 Å². The van der Waals surface area contributed by atoms with Crippen molar-refractivity contribution < 1.29 is 36.6 Å². The maximum Gasteiger partial charge on any atom is 0.408 e. The number of amides is 1. The molecule has 0 aliphatic heterocycles. The number of anilines is 1. The van der Waals surface area contributed by atoms with E-state index in [1.165, 1.54) is 49.1 Å². The van der Waals surface area contributed by atoms with Crippen molar-refractivity contribution in [3.63, 3.8) is 0 Å². The zero-order valence-corrected chi connectivity index (χ0v) is 22.4. The highest BCUT2D eigenvalue weighted by Crippen LogP contribution is 2.27. The van der Waals surface area contributed by atoms with Gasteiger partial charge in [0.05, 0.1) is 17.1 Å². The summed E-state index contributed by atoms with van der Waals surface area (Å²) < 4.78 is 70.4. The number of carboxylic acids is 1. The van der Waals surface area contributed by atoms with Crippen molar-refractivity contribution in [1.82, 2.24) is 24.4 Å². The third-order valence-electron chi connectivity index (χ3n) is 6.57. The number of aliphatic carboxylic acids is 1. The largest absolute Gasteiger partial charge is 0.480 e. The molecule has 1 amide bonds. The highest BCUT2D eigenvalue weighted by Gasteiger charge is 2.38. The number of aryl methyl sites for hydroxylation is 1. The van der Waals surface area contributed by atoms with Gasteiger partial charge in [-0.15, -0.1) is 0 Å². The van der Waals surface area contributed by atoms with Gasteiger partial charge in [0.1, 0.15) is 35.1 Å². The number of fused-ring (bicyclic) bond motifs is 1. The first-order valence-corrected chi connectivity index (χ1v) is 12.6. The third-order valence-corrected chi connectivity index (χ3v) is 6.57. The molecule has 2 atom stereocenters. The van der Waals surface area contributed by atoms with Gasteiger partial charge in [0, 0.05) is 31.5 Å². The Morgan fingerprint density at radius 2 is 1.74 bits per heavy atom. The molecular formula is C27H23F5N6O5. The van der Waals surface area contributed by atoms with Crippen LogP contribution in [0.3, 0.4) is 0 Å². The van der Waals surface area contributed by atoms with Gasteiger partial charge < -0.3 is 15.7 Å². The molecule has 0 aliphatic rings. The van der Waals surface area contributed by atoms with Gasteiger partial charge in [-0.3, -0.25) is 19.1 Å². The Kier molecular flexibility index (Phi) is 8.59. The number of halogens is 5. The molecule has 0 saturated carbocycles. The van der Waals surface area contributed by atoms with Crippen molar-refractivity contribution in [2.45, 2.75) is 38.0 Å². The first-order valence-electron chi connectivity index (χ1n) is 12.6. The van der Waals surface area contributed by atoms with Crippen LogP contribution in [-0.4, -0.2) is 54.3 Å².